The monoisotopic (exact) mass is 738 g/mol. The first-order valence-corrected chi connectivity index (χ1v) is 15.5. The summed E-state index contributed by atoms with van der Waals surface area (Å²) in [5.74, 6) is -0.0997. The van der Waals surface area contributed by atoms with Crippen molar-refractivity contribution < 1.29 is 41.9 Å². The zero-order valence-electron chi connectivity index (χ0n) is 20.8. The zero-order chi connectivity index (χ0) is 27.5. The van der Waals surface area contributed by atoms with Gasteiger partial charge in [-0.2, -0.15) is 0 Å². The number of hydrogen-bond donors (Lipinski definition) is 2. The molecule has 6 nitrogen and oxygen atoms in total. The fourth-order valence-corrected chi connectivity index (χ4v) is 4.02. The van der Waals surface area contributed by atoms with Gasteiger partial charge in [-0.25, -0.2) is 0 Å². The Bertz CT molecular complexity index is 1590. The predicted molar refractivity (Wildman–Crippen MR) is 148 cm³/mol. The average molecular weight is 739 g/mol. The van der Waals surface area contributed by atoms with Crippen molar-refractivity contribution in [2.45, 2.75) is 0 Å². The van der Waals surface area contributed by atoms with Crippen LogP contribution in [0.5, 0.6) is 0 Å². The molecule has 0 aromatic heterocycles. The number of Topliss-reactive ketones (excluding diaryl/α,β-unsaturated/α-hetero) is 1. The molecule has 0 saturated heterocycles. The summed E-state index contributed by atoms with van der Waals surface area (Å²) in [6.07, 6.45) is 14.3. The Balaban J connectivity index is 0.00000112. The molecule has 2 N–H and O–H groups in total. The van der Waals surface area contributed by atoms with Crippen molar-refractivity contribution in [3.05, 3.63) is 156 Å². The summed E-state index contributed by atoms with van der Waals surface area (Å²) in [4.78, 5) is 25.7. The molecule has 0 radical (unpaired) electrons. The molecule has 0 amide bonds. The Morgan fingerprint density at radius 2 is 1.15 bits per heavy atom. The minimum absolute atomic E-state index is 0.0392. The standard InChI is InChI=1S/C32H24N2O2.2O.U/c35-31-20-25(23-10-3-1-4-11-23)18-19-26(31)21-33-29-16-7-8-17-30(29)34-22-27-14-9-15-28(32(27)36)24-12-5-2-6-13-24;;;/h1-22,33-34H;;;/b26-21-,27-22-;;;. The van der Waals surface area contributed by atoms with E-state index in [1.807, 2.05) is 109 Å². The quantitative estimate of drug-likeness (QED) is 0.282. The Kier molecular flexibility index (Phi) is 9.96. The van der Waals surface area contributed by atoms with Crippen LogP contribution in [0.2, 0.25) is 0 Å². The molecule has 5 rings (SSSR count). The first-order valence-electron chi connectivity index (χ1n) is 12.1. The van der Waals surface area contributed by atoms with Crippen LogP contribution in [0.3, 0.4) is 0 Å². The molecule has 7 heteroatoms. The van der Waals surface area contributed by atoms with Crippen molar-refractivity contribution in [2.24, 2.45) is 0 Å². The average Bonchev–Trinajstić information content (AvgIpc) is 2.98. The topological polar surface area (TPSA) is 92.3 Å². The fourth-order valence-electron chi connectivity index (χ4n) is 4.02. The van der Waals surface area contributed by atoms with Crippen molar-refractivity contribution in [1.29, 1.82) is 0 Å². The van der Waals surface area contributed by atoms with Gasteiger partial charge in [-0.3, -0.25) is 9.59 Å². The van der Waals surface area contributed by atoms with Crippen LogP contribution in [0.15, 0.2) is 145 Å². The normalized spacial score (nSPS) is 16.1. The van der Waals surface area contributed by atoms with Gasteiger partial charge >= 0.3 is 32.3 Å². The molecular weight excluding hydrogens is 714 g/mol. The summed E-state index contributed by atoms with van der Waals surface area (Å²) in [5.41, 5.74) is 6.14. The fraction of sp³-hybridized carbons (Fsp3) is 0. The van der Waals surface area contributed by atoms with E-state index < -0.39 is 27.8 Å². The van der Waals surface area contributed by atoms with Crippen LogP contribution in [0.1, 0.15) is 11.1 Å². The second-order valence-electron chi connectivity index (χ2n) is 8.41. The Hall–Kier alpha value is -4.31. The van der Waals surface area contributed by atoms with Crippen molar-refractivity contribution >= 4 is 34.1 Å². The third kappa shape index (κ3) is 7.38. The molecule has 2 aliphatic carbocycles. The van der Waals surface area contributed by atoms with Gasteiger partial charge in [0, 0.05) is 29.1 Å². The SMILES string of the molecule is O=C1C=C(c2ccccc2)C=C/C1=C/Nc1ccccc1N/C=C1/C=CC=C(c2ccccc2)C1=O.[O]=[U]=[O]. The van der Waals surface area contributed by atoms with Gasteiger partial charge in [0.1, 0.15) is 0 Å². The van der Waals surface area contributed by atoms with Crippen LogP contribution >= 0.6 is 0 Å². The van der Waals surface area contributed by atoms with Crippen LogP contribution in [0, 0.1) is 27.8 Å². The summed E-state index contributed by atoms with van der Waals surface area (Å²) < 4.78 is 17.2. The number of ketones is 2. The number of benzene rings is 3. The third-order valence-electron chi connectivity index (χ3n) is 5.94. The van der Waals surface area contributed by atoms with Crippen molar-refractivity contribution in [3.63, 3.8) is 0 Å². The molecular formula is C32H24N2O4U. The molecule has 39 heavy (non-hydrogen) atoms. The zero-order valence-corrected chi connectivity index (χ0v) is 25.0. The molecule has 0 heterocycles. The van der Waals surface area contributed by atoms with Gasteiger partial charge < -0.3 is 10.6 Å². The van der Waals surface area contributed by atoms with E-state index in [0.717, 1.165) is 28.1 Å². The van der Waals surface area contributed by atoms with Crippen LogP contribution in [0.4, 0.5) is 11.4 Å². The Morgan fingerprint density at radius 3 is 1.74 bits per heavy atom. The van der Waals surface area contributed by atoms with E-state index in [4.69, 9.17) is 4.47 Å². The van der Waals surface area contributed by atoms with Crippen LogP contribution < -0.4 is 10.6 Å². The van der Waals surface area contributed by atoms with Gasteiger partial charge in [-0.1, -0.05) is 91.0 Å². The third-order valence-corrected chi connectivity index (χ3v) is 5.94. The molecule has 190 valence electrons. The molecule has 0 fully saturated rings. The summed E-state index contributed by atoms with van der Waals surface area (Å²) in [6, 6.07) is 27.1. The van der Waals surface area contributed by atoms with Crippen molar-refractivity contribution in [3.8, 4) is 0 Å². The van der Waals surface area contributed by atoms with E-state index in [9.17, 15) is 9.59 Å². The number of nitrogens with one attached hydrogen (secondary N) is 2. The number of para-hydroxylation sites is 2. The molecule has 3 aromatic rings. The summed E-state index contributed by atoms with van der Waals surface area (Å²) in [5, 5.41) is 6.48. The molecule has 3 aromatic carbocycles. The van der Waals surface area contributed by atoms with E-state index in [1.54, 1.807) is 24.6 Å². The maximum absolute atomic E-state index is 13.0. The minimum atomic E-state index is -2.51. The van der Waals surface area contributed by atoms with Gasteiger partial charge in [-0.15, -0.1) is 0 Å². The molecule has 0 aliphatic heterocycles. The summed E-state index contributed by atoms with van der Waals surface area (Å²) in [6.45, 7) is 0. The summed E-state index contributed by atoms with van der Waals surface area (Å²) in [7, 11) is 0. The van der Waals surface area contributed by atoms with E-state index in [2.05, 4.69) is 10.6 Å². The van der Waals surface area contributed by atoms with E-state index in [-0.39, 0.29) is 11.6 Å². The Labute approximate surface area is 241 Å². The van der Waals surface area contributed by atoms with Gasteiger partial charge in [0.05, 0.1) is 11.4 Å². The van der Waals surface area contributed by atoms with Crippen molar-refractivity contribution in [2.75, 3.05) is 10.6 Å². The first kappa shape index (κ1) is 27.7. The maximum atomic E-state index is 13.0. The second-order valence-corrected chi connectivity index (χ2v) is 9.11. The van der Waals surface area contributed by atoms with Gasteiger partial charge in [-0.05, 0) is 47.1 Å². The van der Waals surface area contributed by atoms with Gasteiger partial charge in [0.25, 0.3) is 0 Å². The second kappa shape index (κ2) is 14.0. The van der Waals surface area contributed by atoms with Crippen LogP contribution in [-0.4, -0.2) is 11.6 Å². The number of hydrogen-bond acceptors (Lipinski definition) is 6. The molecule has 0 bridgehead atoms. The molecule has 0 spiro atoms. The van der Waals surface area contributed by atoms with Crippen LogP contribution in [0.25, 0.3) is 11.1 Å². The number of anilines is 2. The van der Waals surface area contributed by atoms with Crippen LogP contribution in [-0.2, 0) is 14.1 Å². The van der Waals surface area contributed by atoms with Gasteiger partial charge in [0.15, 0.2) is 11.6 Å². The van der Waals surface area contributed by atoms with Crippen molar-refractivity contribution in [1.82, 2.24) is 0 Å². The van der Waals surface area contributed by atoms with E-state index >= 15 is 0 Å². The molecule has 2 aliphatic rings. The number of carbonyl (C=O) groups is 2. The van der Waals surface area contributed by atoms with E-state index in [1.165, 1.54) is 0 Å². The van der Waals surface area contributed by atoms with Gasteiger partial charge in [0.2, 0.25) is 0 Å². The van der Waals surface area contributed by atoms with E-state index in [0.29, 0.717) is 16.7 Å². The number of carbonyl (C=O) groups excluding carboxylic acids is 2. The Morgan fingerprint density at radius 1 is 0.615 bits per heavy atom. The molecule has 0 unspecified atom stereocenters. The summed E-state index contributed by atoms with van der Waals surface area (Å²) >= 11 is -2.51. The number of allylic oxidation sites excluding steroid dienone is 10. The predicted octanol–water partition coefficient (Wildman–Crippen LogP) is 6.49. The number of rotatable bonds is 6. The first-order chi connectivity index (χ1) is 19.1. The molecule has 0 saturated carbocycles. The molecule has 0 atom stereocenters.